The molecule has 2 rings (SSSR count). The molecule has 0 saturated heterocycles. The minimum atomic E-state index is -2.07. The van der Waals surface area contributed by atoms with Crippen molar-refractivity contribution in [2.24, 2.45) is 11.8 Å². The van der Waals surface area contributed by atoms with Crippen molar-refractivity contribution in [3.05, 3.63) is 58.6 Å². The maximum absolute atomic E-state index is 12.0. The molecule has 8 heteroatoms. The number of hydrogen-bond donors (Lipinski definition) is 1. The van der Waals surface area contributed by atoms with Gasteiger partial charge in [0.2, 0.25) is 0 Å². The Morgan fingerprint density at radius 1 is 1.00 bits per heavy atom. The molecule has 0 heterocycles. The molecule has 0 aromatic heterocycles. The van der Waals surface area contributed by atoms with Crippen molar-refractivity contribution in [2.45, 2.75) is 161 Å². The third-order valence-corrected chi connectivity index (χ3v) is 19.7. The van der Waals surface area contributed by atoms with Crippen LogP contribution in [0.5, 0.6) is 0 Å². The number of aryl methyl sites for hydroxylation is 1. The Labute approximate surface area is 292 Å². The van der Waals surface area contributed by atoms with Crippen LogP contribution in [0.3, 0.4) is 0 Å². The van der Waals surface area contributed by atoms with Crippen molar-refractivity contribution in [3.8, 4) is 0 Å². The van der Waals surface area contributed by atoms with E-state index in [-0.39, 0.29) is 46.2 Å². The number of allylic oxidation sites excluding steroid dienone is 2. The minimum Gasteiger partial charge on any atom is -0.463 e. The predicted octanol–water partition coefficient (Wildman–Crippen LogP) is 10.8. The monoisotopic (exact) mass is 736 g/mol. The van der Waals surface area contributed by atoms with Gasteiger partial charge in [-0.2, -0.15) is 0 Å². The quantitative estimate of drug-likeness (QED) is 0.0792. The summed E-state index contributed by atoms with van der Waals surface area (Å²) in [4.78, 5) is 12.0. The summed E-state index contributed by atoms with van der Waals surface area (Å²) in [6.07, 6.45) is 13.5. The smallest absolute Gasteiger partial charge is 0.306 e. The number of esters is 1. The van der Waals surface area contributed by atoms with Gasteiger partial charge in [0.25, 0.3) is 0 Å². The van der Waals surface area contributed by atoms with Crippen molar-refractivity contribution >= 4 is 38.5 Å². The van der Waals surface area contributed by atoms with Crippen LogP contribution in [0.4, 0.5) is 0 Å². The Hall–Kier alpha value is -1.04. The van der Waals surface area contributed by atoms with Gasteiger partial charge in [0.1, 0.15) is 0 Å². The Kier molecular flexibility index (Phi) is 15.7. The third kappa shape index (κ3) is 13.1. The van der Waals surface area contributed by atoms with Crippen LogP contribution in [0.15, 0.2) is 53.0 Å². The van der Waals surface area contributed by atoms with Gasteiger partial charge in [-0.1, -0.05) is 93.9 Å². The topological polar surface area (TPSA) is 65.0 Å². The van der Waals surface area contributed by atoms with E-state index in [1.165, 1.54) is 5.56 Å². The second kappa shape index (κ2) is 17.6. The Morgan fingerprint density at radius 2 is 1.61 bits per heavy atom. The lowest BCUT2D eigenvalue weighted by molar-refractivity contribution is -0.147. The zero-order chi connectivity index (χ0) is 34.9. The molecule has 0 aliphatic heterocycles. The van der Waals surface area contributed by atoms with Crippen molar-refractivity contribution < 1.29 is 23.5 Å². The third-order valence-electron chi connectivity index (χ3n) is 10.2. The summed E-state index contributed by atoms with van der Waals surface area (Å²) in [6, 6.07) is 8.30. The average molecular weight is 738 g/mol. The highest BCUT2D eigenvalue weighted by Gasteiger charge is 2.50. The van der Waals surface area contributed by atoms with E-state index in [4.69, 9.17) is 13.6 Å². The van der Waals surface area contributed by atoms with Gasteiger partial charge in [0.05, 0.1) is 24.4 Å². The fraction of sp³-hybridized carbons (Fsp3) is 0.711. The molecule has 46 heavy (non-hydrogen) atoms. The van der Waals surface area contributed by atoms with E-state index < -0.39 is 22.7 Å². The molecule has 262 valence electrons. The van der Waals surface area contributed by atoms with E-state index in [9.17, 15) is 9.90 Å². The van der Waals surface area contributed by atoms with Gasteiger partial charge in [0, 0.05) is 16.8 Å². The van der Waals surface area contributed by atoms with E-state index in [1.54, 1.807) is 0 Å². The molecule has 1 aliphatic carbocycles. The van der Waals surface area contributed by atoms with Crippen LogP contribution in [0.25, 0.3) is 0 Å². The van der Waals surface area contributed by atoms with Crippen molar-refractivity contribution in [1.29, 1.82) is 0 Å². The molecule has 1 aromatic rings. The van der Waals surface area contributed by atoms with E-state index in [1.807, 2.05) is 32.1 Å². The summed E-state index contributed by atoms with van der Waals surface area (Å²) in [5.41, 5.74) is 1.21. The first-order valence-electron chi connectivity index (χ1n) is 17.4. The molecule has 0 radical (unpaired) electrons. The highest BCUT2D eigenvalue weighted by Crippen LogP contribution is 2.48. The summed E-state index contributed by atoms with van der Waals surface area (Å²) in [7, 11) is -4.11. The highest BCUT2D eigenvalue weighted by molar-refractivity contribution is 9.10. The Bertz CT molecular complexity index is 1150. The van der Waals surface area contributed by atoms with Crippen LogP contribution >= 0.6 is 15.9 Å². The molecule has 1 aliphatic rings. The summed E-state index contributed by atoms with van der Waals surface area (Å²) < 4.78 is 20.7. The first kappa shape index (κ1) is 41.1. The largest absolute Gasteiger partial charge is 0.463 e. The molecule has 1 saturated carbocycles. The second-order valence-electron chi connectivity index (χ2n) is 16.6. The van der Waals surface area contributed by atoms with Crippen molar-refractivity contribution in [3.63, 3.8) is 0 Å². The molecule has 0 unspecified atom stereocenters. The Balaban J connectivity index is 2.33. The van der Waals surface area contributed by atoms with Gasteiger partial charge in [0.15, 0.2) is 16.6 Å². The molecule has 1 fully saturated rings. The number of aliphatic hydroxyl groups excluding tert-OH is 1. The molecule has 5 nitrogen and oxygen atoms in total. The number of rotatable bonds is 16. The number of carbonyl (C=O) groups is 1. The number of ether oxygens (including phenoxy) is 1. The average Bonchev–Trinajstić information content (AvgIpc) is 3.20. The second-order valence-corrected chi connectivity index (χ2v) is 27.0. The summed E-state index contributed by atoms with van der Waals surface area (Å²) in [6.45, 7) is 26.9. The number of hydrogen-bond acceptors (Lipinski definition) is 5. The van der Waals surface area contributed by atoms with Crippen LogP contribution in [0, 0.1) is 11.8 Å². The molecular formula is C38H65BrO5Si2. The maximum atomic E-state index is 12.0. The number of unbranched alkanes of at least 4 members (excludes halogenated alkanes) is 1. The molecule has 1 aromatic carbocycles. The lowest BCUT2D eigenvalue weighted by atomic mass is 9.89. The van der Waals surface area contributed by atoms with Gasteiger partial charge < -0.3 is 18.7 Å². The molecule has 0 bridgehead atoms. The Morgan fingerprint density at radius 3 is 2.17 bits per heavy atom. The summed E-state index contributed by atoms with van der Waals surface area (Å²) >= 11 is 3.56. The number of halogens is 1. The van der Waals surface area contributed by atoms with Gasteiger partial charge in [-0.15, -0.1) is 0 Å². The van der Waals surface area contributed by atoms with Gasteiger partial charge in [-0.25, -0.2) is 0 Å². The van der Waals surface area contributed by atoms with Crippen LogP contribution in [0.2, 0.25) is 36.3 Å². The van der Waals surface area contributed by atoms with E-state index >= 15 is 0 Å². The zero-order valence-corrected chi connectivity index (χ0v) is 34.6. The van der Waals surface area contributed by atoms with Crippen molar-refractivity contribution in [1.82, 2.24) is 0 Å². The van der Waals surface area contributed by atoms with Crippen LogP contribution in [0.1, 0.15) is 99.5 Å². The van der Waals surface area contributed by atoms with Gasteiger partial charge >= 0.3 is 5.97 Å². The lowest BCUT2D eigenvalue weighted by Crippen LogP contribution is -2.45. The number of aliphatic hydroxyl groups is 1. The van der Waals surface area contributed by atoms with E-state index in [0.717, 1.165) is 36.6 Å². The first-order valence-corrected chi connectivity index (χ1v) is 24.0. The van der Waals surface area contributed by atoms with Gasteiger partial charge in [-0.05, 0) is 112 Å². The van der Waals surface area contributed by atoms with Crippen molar-refractivity contribution in [2.75, 3.05) is 0 Å². The fourth-order valence-corrected chi connectivity index (χ4v) is 8.64. The van der Waals surface area contributed by atoms with Crippen LogP contribution in [-0.4, -0.2) is 52.1 Å². The van der Waals surface area contributed by atoms with Gasteiger partial charge in [-0.3, -0.25) is 4.79 Å². The molecular weight excluding hydrogens is 672 g/mol. The minimum absolute atomic E-state index is 0.0355. The fourth-order valence-electron chi connectivity index (χ4n) is 5.45. The summed E-state index contributed by atoms with van der Waals surface area (Å²) in [5.74, 6) is 0.242. The summed E-state index contributed by atoms with van der Waals surface area (Å²) in [5, 5.41) is 11.3. The SMILES string of the molecule is CC(C)OC(=O)CCC/C=C\C[C@@H]1[C@@H](/C=C/[C@H](O)CCc2cccc(Br)c2)[C@H](O[Si](C)(C)C(C)(C)C)C[C@@H]1O[Si](C)(C)C(C)(C)C. The molecule has 5 atom stereocenters. The maximum Gasteiger partial charge on any atom is 0.306 e. The highest BCUT2D eigenvalue weighted by atomic mass is 79.9. The number of carbonyl (C=O) groups excluding carboxylic acids is 1. The van der Waals surface area contributed by atoms with Crippen LogP contribution in [-0.2, 0) is 24.8 Å². The standard InChI is InChI=1S/C38H65BrO5Si2/c1-28(2)42-36(41)21-16-14-13-15-20-32-33(25-24-31(40)23-22-29-18-17-19-30(39)26-29)35(44-46(11,12)38(6,7)8)27-34(32)43-45(9,10)37(3,4)5/h13,15,17-19,24-26,28,31-35,40H,14,16,20-23,27H2,1-12H3/b15-13-,25-24+/t31-,32-,33-,34+,35-/m1/s1. The van der Waals surface area contributed by atoms with E-state index in [0.29, 0.717) is 12.8 Å². The first-order chi connectivity index (χ1) is 21.1. The molecule has 0 spiro atoms. The van der Waals surface area contributed by atoms with Crippen LogP contribution < -0.4 is 0 Å². The van der Waals surface area contributed by atoms with E-state index in [2.05, 4.69) is 114 Å². The molecule has 1 N–H and O–H groups in total. The number of benzene rings is 1. The normalized spacial score (nSPS) is 22.3. The lowest BCUT2D eigenvalue weighted by Gasteiger charge is -2.40. The predicted molar refractivity (Wildman–Crippen MR) is 202 cm³/mol. The molecule has 0 amide bonds. The zero-order valence-electron chi connectivity index (χ0n) is 31.0.